The number of sulfonamides is 1. The number of rotatable bonds is 9. The minimum Gasteiger partial charge on any atom is -0.384 e. The average Bonchev–Trinajstić information content (AvgIpc) is 2.77. The molecule has 3 rings (SSSR count). The lowest BCUT2D eigenvalue weighted by molar-refractivity contribution is -0.121. The molecule has 2 heterocycles. The zero-order chi connectivity index (χ0) is 24.0. The first-order chi connectivity index (χ1) is 15.6. The van der Waals surface area contributed by atoms with Crippen LogP contribution in [0.25, 0.3) is 0 Å². The number of nitrogen functional groups attached to an aromatic ring is 1. The average molecular weight is 476 g/mol. The number of carbonyl (C=O) groups excluding carboxylic acids is 1. The lowest BCUT2D eigenvalue weighted by atomic mass is 9.88. The fourth-order valence-corrected chi connectivity index (χ4v) is 5.39. The molecule has 1 aliphatic carbocycles. The van der Waals surface area contributed by atoms with E-state index in [0.717, 1.165) is 31.2 Å². The molecule has 180 valence electrons. The van der Waals surface area contributed by atoms with Crippen molar-refractivity contribution in [3.05, 3.63) is 51.6 Å². The van der Waals surface area contributed by atoms with Crippen LogP contribution in [0.3, 0.4) is 0 Å². The van der Waals surface area contributed by atoms with E-state index in [9.17, 15) is 18.0 Å². The van der Waals surface area contributed by atoms with E-state index in [-0.39, 0.29) is 30.4 Å². The third kappa shape index (κ3) is 7.05. The van der Waals surface area contributed by atoms with Gasteiger partial charge >= 0.3 is 0 Å². The lowest BCUT2D eigenvalue weighted by Crippen LogP contribution is -2.35. The van der Waals surface area contributed by atoms with Crippen LogP contribution in [0.4, 0.5) is 11.5 Å². The van der Waals surface area contributed by atoms with Crippen molar-refractivity contribution < 1.29 is 13.2 Å². The van der Waals surface area contributed by atoms with Crippen molar-refractivity contribution in [1.82, 2.24) is 14.9 Å². The van der Waals surface area contributed by atoms with E-state index in [2.05, 4.69) is 15.0 Å². The highest BCUT2D eigenvalue weighted by molar-refractivity contribution is 7.92. The minimum absolute atomic E-state index is 0.0134. The van der Waals surface area contributed by atoms with E-state index < -0.39 is 15.6 Å². The van der Waals surface area contributed by atoms with Gasteiger partial charge in [-0.1, -0.05) is 38.2 Å². The topological polar surface area (TPSA) is 136 Å². The van der Waals surface area contributed by atoms with Crippen molar-refractivity contribution in [2.45, 2.75) is 65.5 Å². The van der Waals surface area contributed by atoms with E-state index in [0.29, 0.717) is 29.5 Å². The summed E-state index contributed by atoms with van der Waals surface area (Å²) in [5, 5.41) is 2.77. The van der Waals surface area contributed by atoms with Crippen molar-refractivity contribution in [3.63, 3.8) is 0 Å². The molecule has 2 aromatic heterocycles. The van der Waals surface area contributed by atoms with Crippen LogP contribution >= 0.6 is 0 Å². The molecule has 2 aromatic rings. The van der Waals surface area contributed by atoms with Crippen molar-refractivity contribution >= 4 is 27.4 Å². The highest BCUT2D eigenvalue weighted by Gasteiger charge is 2.20. The number of anilines is 2. The molecule has 1 aliphatic rings. The monoisotopic (exact) mass is 475 g/mol. The maximum absolute atomic E-state index is 12.9. The largest absolute Gasteiger partial charge is 0.384 e. The van der Waals surface area contributed by atoms with Gasteiger partial charge in [0.15, 0.2) is 0 Å². The van der Waals surface area contributed by atoms with Crippen molar-refractivity contribution in [2.75, 3.05) is 16.2 Å². The first kappa shape index (κ1) is 24.8. The van der Waals surface area contributed by atoms with E-state index in [1.807, 2.05) is 0 Å². The summed E-state index contributed by atoms with van der Waals surface area (Å²) in [7, 11) is -3.65. The molecule has 33 heavy (non-hydrogen) atoms. The summed E-state index contributed by atoms with van der Waals surface area (Å²) in [4.78, 5) is 29.6. The van der Waals surface area contributed by atoms with Gasteiger partial charge in [0.05, 0.1) is 5.75 Å². The maximum Gasteiger partial charge on any atom is 0.275 e. The summed E-state index contributed by atoms with van der Waals surface area (Å²) >= 11 is 0. The number of nitrogens with one attached hydrogen (secondary N) is 2. The number of aryl methyl sites for hydroxylation is 2. The molecule has 0 unspecified atom stereocenters. The highest BCUT2D eigenvalue weighted by atomic mass is 32.2. The van der Waals surface area contributed by atoms with Gasteiger partial charge in [-0.05, 0) is 49.9 Å². The molecule has 1 saturated carbocycles. The smallest absolute Gasteiger partial charge is 0.275 e. The molecule has 0 spiro atoms. The van der Waals surface area contributed by atoms with Gasteiger partial charge in [-0.3, -0.25) is 14.3 Å². The van der Waals surface area contributed by atoms with Gasteiger partial charge in [0.2, 0.25) is 15.9 Å². The van der Waals surface area contributed by atoms with E-state index in [1.54, 1.807) is 32.0 Å². The molecule has 0 radical (unpaired) electrons. The van der Waals surface area contributed by atoms with Crippen LogP contribution in [0.2, 0.25) is 0 Å². The molecule has 0 bridgehead atoms. The molecule has 0 saturated heterocycles. The summed E-state index contributed by atoms with van der Waals surface area (Å²) in [6.07, 6.45) is 6.24. The Balaban J connectivity index is 1.63. The maximum atomic E-state index is 12.9. The Kier molecular flexibility index (Phi) is 8.12. The van der Waals surface area contributed by atoms with E-state index in [1.165, 1.54) is 17.1 Å². The third-order valence-electron chi connectivity index (χ3n) is 6.17. The molecule has 10 heteroatoms. The number of hydrogen-bond acceptors (Lipinski definition) is 6. The molecule has 4 N–H and O–H groups in total. The quantitative estimate of drug-likeness (QED) is 0.510. The lowest BCUT2D eigenvalue weighted by Gasteiger charge is -2.21. The zero-order valence-electron chi connectivity index (χ0n) is 19.3. The number of carbonyl (C=O) groups is 1. The fourth-order valence-electron chi connectivity index (χ4n) is 4.15. The van der Waals surface area contributed by atoms with Gasteiger partial charge in [0, 0.05) is 17.9 Å². The van der Waals surface area contributed by atoms with Crippen LogP contribution in [0.5, 0.6) is 0 Å². The van der Waals surface area contributed by atoms with Crippen LogP contribution in [0.15, 0.2) is 29.1 Å². The first-order valence-electron chi connectivity index (χ1n) is 11.3. The Morgan fingerprint density at radius 2 is 1.88 bits per heavy atom. The van der Waals surface area contributed by atoms with Crippen LogP contribution in [-0.2, 0) is 27.9 Å². The Hall–Kier alpha value is -2.88. The second kappa shape index (κ2) is 10.8. The second-order valence-electron chi connectivity index (χ2n) is 8.75. The third-order valence-corrected chi connectivity index (χ3v) is 7.48. The van der Waals surface area contributed by atoms with Crippen LogP contribution in [0.1, 0.15) is 55.5 Å². The molecule has 1 fully saturated rings. The molecule has 9 nitrogen and oxygen atoms in total. The van der Waals surface area contributed by atoms with Gasteiger partial charge in [-0.15, -0.1) is 0 Å². The van der Waals surface area contributed by atoms with Crippen molar-refractivity contribution in [3.8, 4) is 0 Å². The van der Waals surface area contributed by atoms with Gasteiger partial charge in [0.25, 0.3) is 5.56 Å². The predicted molar refractivity (Wildman–Crippen MR) is 129 cm³/mol. The van der Waals surface area contributed by atoms with Gasteiger partial charge in [-0.2, -0.15) is 0 Å². The SMILES string of the molecule is Cc1nc(N)ccc1CNC(=O)Cn1c(C)ccc(NS(=O)(=O)CCC2CCCCC2)c1=O. The van der Waals surface area contributed by atoms with Gasteiger partial charge in [0.1, 0.15) is 18.1 Å². The Labute approximate surface area is 194 Å². The summed E-state index contributed by atoms with van der Waals surface area (Å²) in [5.41, 5.74) is 7.16. The molecule has 1 amide bonds. The summed E-state index contributed by atoms with van der Waals surface area (Å²) in [5.74, 6) is 0.450. The number of hydrogen-bond donors (Lipinski definition) is 3. The highest BCUT2D eigenvalue weighted by Crippen LogP contribution is 2.26. The van der Waals surface area contributed by atoms with Crippen molar-refractivity contribution in [2.24, 2.45) is 5.92 Å². The van der Waals surface area contributed by atoms with Crippen LogP contribution in [0, 0.1) is 19.8 Å². The normalized spacial score (nSPS) is 14.7. The molecule has 0 aromatic carbocycles. The predicted octanol–water partition coefficient (Wildman–Crippen LogP) is 2.47. The van der Waals surface area contributed by atoms with Gasteiger partial charge in [-0.25, -0.2) is 13.4 Å². The van der Waals surface area contributed by atoms with E-state index >= 15 is 0 Å². The summed E-state index contributed by atoms with van der Waals surface area (Å²) < 4.78 is 28.8. The minimum atomic E-state index is -3.65. The van der Waals surface area contributed by atoms with Crippen molar-refractivity contribution in [1.29, 1.82) is 0 Å². The Bertz CT molecular complexity index is 1150. The number of pyridine rings is 2. The number of aromatic nitrogens is 2. The first-order valence-corrected chi connectivity index (χ1v) is 13.0. The molecular formula is C23H33N5O4S. The molecule has 0 atom stereocenters. The van der Waals surface area contributed by atoms with Gasteiger partial charge < -0.3 is 15.6 Å². The van der Waals surface area contributed by atoms with Crippen LogP contribution in [-0.4, -0.2) is 29.6 Å². The molecular weight excluding hydrogens is 442 g/mol. The fraction of sp³-hybridized carbons (Fsp3) is 0.522. The Morgan fingerprint density at radius 3 is 2.58 bits per heavy atom. The molecule has 0 aliphatic heterocycles. The summed E-state index contributed by atoms with van der Waals surface area (Å²) in [6, 6.07) is 6.53. The van der Waals surface area contributed by atoms with E-state index in [4.69, 9.17) is 5.73 Å². The number of nitrogens with two attached hydrogens (primary N) is 1. The standard InChI is InChI=1S/C23H33N5O4S/c1-16-8-10-20(27-33(31,32)13-12-18-6-4-3-5-7-18)23(30)28(16)15-22(29)25-14-19-9-11-21(24)26-17(19)2/h8-11,18,27H,3-7,12-15H2,1-2H3,(H2,24,26)(H,25,29). The Morgan fingerprint density at radius 1 is 1.15 bits per heavy atom. The number of amides is 1. The van der Waals surface area contributed by atoms with Crippen LogP contribution < -0.4 is 21.3 Å². The number of nitrogens with zero attached hydrogens (tertiary/aromatic N) is 2. The zero-order valence-corrected chi connectivity index (χ0v) is 20.1. The second-order valence-corrected chi connectivity index (χ2v) is 10.6. The summed E-state index contributed by atoms with van der Waals surface area (Å²) in [6.45, 7) is 3.53.